The molecule has 0 radical (unpaired) electrons. The molecule has 9 heteroatoms. The number of anilines is 2. The molecule has 1 unspecified atom stereocenters. The monoisotopic (exact) mass is 455 g/mol. The summed E-state index contributed by atoms with van der Waals surface area (Å²) in [6.45, 7) is 0.594. The molecule has 0 saturated heterocycles. The fraction of sp³-hybridized carbons (Fsp3) is 0.136. The van der Waals surface area contributed by atoms with Crippen LogP contribution in [0.1, 0.15) is 5.56 Å². The number of benzene rings is 3. The van der Waals surface area contributed by atoms with Gasteiger partial charge in [0.1, 0.15) is 6.29 Å². The van der Waals surface area contributed by atoms with Crippen LogP contribution in [0.2, 0.25) is 10.0 Å². The quantitative estimate of drug-likeness (QED) is 0.127. The SMILES string of the molecule is N=C(N)NC(N)NCCc1cc(Nc2ccc(Cl)cc2)cc2c1[nH]c1ccc(Cl)cc12. The molecule has 1 atom stereocenters. The van der Waals surface area contributed by atoms with Gasteiger partial charge < -0.3 is 21.4 Å². The zero-order valence-electron chi connectivity index (χ0n) is 16.6. The Morgan fingerprint density at radius 2 is 1.71 bits per heavy atom. The van der Waals surface area contributed by atoms with Gasteiger partial charge in [0.2, 0.25) is 0 Å². The molecule has 0 aliphatic heterocycles. The number of H-pyrrole nitrogens is 1. The van der Waals surface area contributed by atoms with Crippen molar-refractivity contribution in [3.05, 3.63) is 70.2 Å². The van der Waals surface area contributed by atoms with E-state index < -0.39 is 6.29 Å². The second-order valence-electron chi connectivity index (χ2n) is 7.24. The third-order valence-corrected chi connectivity index (χ3v) is 5.44. The minimum Gasteiger partial charge on any atom is -0.370 e. The van der Waals surface area contributed by atoms with Gasteiger partial charge in [-0.1, -0.05) is 23.2 Å². The van der Waals surface area contributed by atoms with E-state index in [9.17, 15) is 0 Å². The summed E-state index contributed by atoms with van der Waals surface area (Å²) in [5, 5.41) is 20.0. The standard InChI is InChI=1S/C22H23Cl2N7/c23-13-1-4-15(5-2-13)29-16-9-12(7-8-28-22(27)31-21(25)26)20-18(11-16)17-10-14(24)3-6-19(17)30-20/h1-6,9-11,22,28-30H,7-8,27H2,(H4,25,26,31). The maximum Gasteiger partial charge on any atom is 0.187 e. The predicted molar refractivity (Wildman–Crippen MR) is 130 cm³/mol. The van der Waals surface area contributed by atoms with Crippen molar-refractivity contribution < 1.29 is 0 Å². The molecule has 7 nitrogen and oxygen atoms in total. The van der Waals surface area contributed by atoms with Crippen molar-refractivity contribution in [2.24, 2.45) is 11.5 Å². The van der Waals surface area contributed by atoms with Crippen molar-refractivity contribution in [2.75, 3.05) is 11.9 Å². The summed E-state index contributed by atoms with van der Waals surface area (Å²) >= 11 is 12.3. The number of hydrogen-bond donors (Lipinski definition) is 7. The molecular formula is C22H23Cl2N7. The van der Waals surface area contributed by atoms with Crippen LogP contribution in [0, 0.1) is 5.41 Å². The Bertz CT molecular complexity index is 1230. The molecule has 9 N–H and O–H groups in total. The smallest absolute Gasteiger partial charge is 0.187 e. The zero-order valence-corrected chi connectivity index (χ0v) is 18.1. The minimum atomic E-state index is -0.593. The highest BCUT2D eigenvalue weighted by atomic mass is 35.5. The molecule has 160 valence electrons. The summed E-state index contributed by atoms with van der Waals surface area (Å²) in [6, 6.07) is 17.6. The molecule has 0 bridgehead atoms. The summed E-state index contributed by atoms with van der Waals surface area (Å²) in [7, 11) is 0. The molecule has 0 amide bonds. The first-order valence-electron chi connectivity index (χ1n) is 9.75. The first-order valence-corrected chi connectivity index (χ1v) is 10.5. The molecule has 31 heavy (non-hydrogen) atoms. The van der Waals surface area contributed by atoms with Crippen LogP contribution in [0.15, 0.2) is 54.6 Å². The van der Waals surface area contributed by atoms with Gasteiger partial charge >= 0.3 is 0 Å². The molecule has 0 saturated carbocycles. The van der Waals surface area contributed by atoms with E-state index in [1.54, 1.807) is 0 Å². The second kappa shape index (κ2) is 9.03. The molecule has 4 rings (SSSR count). The van der Waals surface area contributed by atoms with E-state index in [0.29, 0.717) is 23.0 Å². The fourth-order valence-corrected chi connectivity index (χ4v) is 3.89. The van der Waals surface area contributed by atoms with Crippen molar-refractivity contribution in [1.82, 2.24) is 15.6 Å². The number of nitrogens with two attached hydrogens (primary N) is 2. The Labute approximate surface area is 189 Å². The van der Waals surface area contributed by atoms with Crippen molar-refractivity contribution in [1.29, 1.82) is 5.41 Å². The summed E-state index contributed by atoms with van der Waals surface area (Å²) in [4.78, 5) is 3.51. The van der Waals surface area contributed by atoms with Gasteiger partial charge in [-0.3, -0.25) is 16.5 Å². The highest BCUT2D eigenvalue weighted by molar-refractivity contribution is 6.32. The van der Waals surface area contributed by atoms with Crippen LogP contribution < -0.4 is 27.4 Å². The van der Waals surface area contributed by atoms with Crippen molar-refractivity contribution in [2.45, 2.75) is 12.7 Å². The predicted octanol–water partition coefficient (Wildman–Crippen LogP) is 4.23. The Morgan fingerprint density at radius 1 is 0.968 bits per heavy atom. The summed E-state index contributed by atoms with van der Waals surface area (Å²) in [5.41, 5.74) is 16.3. The van der Waals surface area contributed by atoms with Crippen LogP contribution in [0.5, 0.6) is 0 Å². The van der Waals surface area contributed by atoms with Gasteiger partial charge in [-0.05, 0) is 66.6 Å². The van der Waals surface area contributed by atoms with Crippen LogP contribution in [0.3, 0.4) is 0 Å². The molecule has 3 aromatic carbocycles. The Hall–Kier alpha value is -2.97. The number of nitrogens with one attached hydrogen (secondary N) is 5. The van der Waals surface area contributed by atoms with E-state index in [4.69, 9.17) is 40.1 Å². The first-order chi connectivity index (χ1) is 14.9. The summed E-state index contributed by atoms with van der Waals surface area (Å²) < 4.78 is 0. The average Bonchev–Trinajstić information content (AvgIpc) is 3.07. The lowest BCUT2D eigenvalue weighted by Gasteiger charge is -2.16. The lowest BCUT2D eigenvalue weighted by Crippen LogP contribution is -2.54. The normalized spacial score (nSPS) is 12.2. The van der Waals surface area contributed by atoms with Crippen molar-refractivity contribution in [3.63, 3.8) is 0 Å². The lowest BCUT2D eigenvalue weighted by atomic mass is 10.0. The van der Waals surface area contributed by atoms with Crippen LogP contribution >= 0.6 is 23.2 Å². The number of hydrogen-bond acceptors (Lipinski definition) is 4. The van der Waals surface area contributed by atoms with Gasteiger partial charge in [0.15, 0.2) is 5.96 Å². The van der Waals surface area contributed by atoms with Crippen LogP contribution in [0.4, 0.5) is 11.4 Å². The summed E-state index contributed by atoms with van der Waals surface area (Å²) in [5.74, 6) is -0.177. The molecule has 1 aromatic heterocycles. The summed E-state index contributed by atoms with van der Waals surface area (Å²) in [6.07, 6.45) is 0.116. The van der Waals surface area contributed by atoms with Gasteiger partial charge in [0, 0.05) is 49.8 Å². The molecule has 0 spiro atoms. The molecule has 0 aliphatic rings. The number of aromatic nitrogens is 1. The van der Waals surface area contributed by atoms with Crippen molar-refractivity contribution >= 4 is 62.3 Å². The van der Waals surface area contributed by atoms with Crippen LogP contribution in [-0.2, 0) is 6.42 Å². The third kappa shape index (κ3) is 5.03. The third-order valence-electron chi connectivity index (χ3n) is 4.95. The number of rotatable bonds is 7. The van der Waals surface area contributed by atoms with E-state index in [0.717, 1.165) is 38.7 Å². The second-order valence-corrected chi connectivity index (χ2v) is 8.12. The maximum atomic E-state index is 7.27. The Kier molecular flexibility index (Phi) is 6.20. The zero-order chi connectivity index (χ0) is 22.0. The van der Waals surface area contributed by atoms with Gasteiger partial charge in [0.05, 0.1) is 0 Å². The number of aromatic amines is 1. The Balaban J connectivity index is 1.68. The van der Waals surface area contributed by atoms with E-state index in [1.807, 2.05) is 42.5 Å². The number of guanidine groups is 1. The van der Waals surface area contributed by atoms with E-state index in [2.05, 4.69) is 33.1 Å². The van der Waals surface area contributed by atoms with E-state index >= 15 is 0 Å². The number of halogens is 2. The van der Waals surface area contributed by atoms with Gasteiger partial charge in [-0.2, -0.15) is 0 Å². The maximum absolute atomic E-state index is 7.27. The molecule has 0 fully saturated rings. The molecular weight excluding hydrogens is 433 g/mol. The Morgan fingerprint density at radius 3 is 2.45 bits per heavy atom. The van der Waals surface area contributed by atoms with Gasteiger partial charge in [0.25, 0.3) is 0 Å². The molecule has 1 heterocycles. The van der Waals surface area contributed by atoms with E-state index in [-0.39, 0.29) is 5.96 Å². The minimum absolute atomic E-state index is 0.177. The lowest BCUT2D eigenvalue weighted by molar-refractivity contribution is 0.501. The molecule has 0 aliphatic carbocycles. The van der Waals surface area contributed by atoms with Crippen LogP contribution in [0.25, 0.3) is 21.8 Å². The fourth-order valence-electron chi connectivity index (χ4n) is 3.60. The topological polar surface area (TPSA) is 128 Å². The average molecular weight is 456 g/mol. The first kappa shape index (κ1) is 21.3. The van der Waals surface area contributed by atoms with Gasteiger partial charge in [-0.15, -0.1) is 0 Å². The van der Waals surface area contributed by atoms with Crippen molar-refractivity contribution in [3.8, 4) is 0 Å². The van der Waals surface area contributed by atoms with Crippen LogP contribution in [-0.4, -0.2) is 23.8 Å². The van der Waals surface area contributed by atoms with E-state index in [1.165, 1.54) is 0 Å². The largest absolute Gasteiger partial charge is 0.370 e. The highest BCUT2D eigenvalue weighted by Crippen LogP contribution is 2.33. The molecule has 4 aromatic rings. The number of fused-ring (bicyclic) bond motifs is 3. The highest BCUT2D eigenvalue weighted by Gasteiger charge is 2.12. The van der Waals surface area contributed by atoms with Gasteiger partial charge in [-0.25, -0.2) is 0 Å².